The number of aryl methyl sites for hydroxylation is 1. The molecule has 0 aliphatic heterocycles. The molecule has 0 bridgehead atoms. The summed E-state index contributed by atoms with van der Waals surface area (Å²) < 4.78 is 26.7. The molecule has 2 aromatic carbocycles. The summed E-state index contributed by atoms with van der Waals surface area (Å²) in [5.74, 6) is -1.92. The van der Waals surface area contributed by atoms with Crippen molar-refractivity contribution in [2.24, 2.45) is 0 Å². The number of amides is 1. The van der Waals surface area contributed by atoms with Crippen LogP contribution in [0.2, 0.25) is 5.02 Å². The van der Waals surface area contributed by atoms with Crippen LogP contribution in [0.25, 0.3) is 22.0 Å². The average molecular weight is 566 g/mol. The van der Waals surface area contributed by atoms with Gasteiger partial charge in [-0.3, -0.25) is 4.79 Å². The fourth-order valence-electron chi connectivity index (χ4n) is 4.48. The number of aliphatic carboxylic acids is 1. The molecule has 0 spiro atoms. The Morgan fingerprint density at radius 2 is 1.77 bits per heavy atom. The number of benzene rings is 2. The number of hydrogen-bond acceptors (Lipinski definition) is 6. The van der Waals surface area contributed by atoms with E-state index in [4.69, 9.17) is 21.1 Å². The Balaban J connectivity index is 1.89. The molecule has 4 rings (SSSR count). The summed E-state index contributed by atoms with van der Waals surface area (Å²) >= 11 is 6.00. The summed E-state index contributed by atoms with van der Waals surface area (Å²) in [6.07, 6.45) is -1.47. The third-order valence-electron chi connectivity index (χ3n) is 6.19. The third kappa shape index (κ3) is 5.90. The van der Waals surface area contributed by atoms with Crippen LogP contribution in [0.15, 0.2) is 48.5 Å². The lowest BCUT2D eigenvalue weighted by atomic mass is 9.90. The van der Waals surface area contributed by atoms with Gasteiger partial charge in [-0.15, -0.1) is 0 Å². The number of pyridine rings is 2. The molecule has 0 aliphatic rings. The van der Waals surface area contributed by atoms with Crippen molar-refractivity contribution in [2.45, 2.75) is 46.3 Å². The summed E-state index contributed by atoms with van der Waals surface area (Å²) in [6.45, 7) is 8.38. The Kier molecular flexibility index (Phi) is 8.09. The van der Waals surface area contributed by atoms with Crippen molar-refractivity contribution in [3.05, 3.63) is 81.9 Å². The van der Waals surface area contributed by atoms with E-state index in [9.17, 15) is 14.7 Å². The summed E-state index contributed by atoms with van der Waals surface area (Å²) in [5, 5.41) is 13.8. The van der Waals surface area contributed by atoms with Crippen LogP contribution in [0.4, 0.5) is 10.2 Å². The summed E-state index contributed by atoms with van der Waals surface area (Å²) in [5.41, 5.74) is 0.882. The second-order valence-corrected chi connectivity index (χ2v) is 10.6. The molecule has 40 heavy (non-hydrogen) atoms. The molecule has 0 fully saturated rings. The minimum Gasteiger partial charge on any atom is -0.496 e. The number of fused-ring (bicyclic) bond motifs is 1. The van der Waals surface area contributed by atoms with E-state index in [1.54, 1.807) is 46.8 Å². The first kappa shape index (κ1) is 28.9. The molecule has 2 N–H and O–H groups in total. The Bertz CT molecular complexity index is 1630. The standard InChI is InChI=1S/C30H29ClFN3O5/c1-15-24(18-12-11-17(31)13-20(18)32)25(26(29(37)38)40-30(3,4)5)16(2)33-27(15)35-28(36)22-14-23(39-6)19-9-7-8-10-21(19)34-22/h7-14,26H,1-6H3,(H,37,38)(H,33,35,36). The zero-order valence-electron chi connectivity index (χ0n) is 22.9. The number of carboxylic acids is 1. The monoisotopic (exact) mass is 565 g/mol. The minimum absolute atomic E-state index is 0.0807. The largest absolute Gasteiger partial charge is 0.496 e. The van der Waals surface area contributed by atoms with E-state index in [-0.39, 0.29) is 38.9 Å². The molecule has 8 nitrogen and oxygen atoms in total. The lowest BCUT2D eigenvalue weighted by molar-refractivity contribution is -0.160. The molecule has 0 aliphatic carbocycles. The van der Waals surface area contributed by atoms with Crippen molar-refractivity contribution >= 4 is 40.2 Å². The summed E-state index contributed by atoms with van der Waals surface area (Å²) in [4.78, 5) is 34.8. The third-order valence-corrected chi connectivity index (χ3v) is 6.43. The maximum absolute atomic E-state index is 15.3. The second kappa shape index (κ2) is 11.2. The number of methoxy groups -OCH3 is 1. The number of halogens is 2. The van der Waals surface area contributed by atoms with Crippen molar-refractivity contribution in [1.29, 1.82) is 0 Å². The van der Waals surface area contributed by atoms with Gasteiger partial charge in [-0.1, -0.05) is 23.7 Å². The highest BCUT2D eigenvalue weighted by atomic mass is 35.5. The van der Waals surface area contributed by atoms with Gasteiger partial charge in [-0.25, -0.2) is 19.2 Å². The fraction of sp³-hybridized carbons (Fsp3) is 0.267. The van der Waals surface area contributed by atoms with Crippen molar-refractivity contribution in [1.82, 2.24) is 9.97 Å². The Morgan fingerprint density at radius 1 is 1.07 bits per heavy atom. The van der Waals surface area contributed by atoms with Crippen LogP contribution in [0.3, 0.4) is 0 Å². The summed E-state index contributed by atoms with van der Waals surface area (Å²) in [7, 11) is 1.50. The SMILES string of the molecule is COc1cc(C(=O)Nc2nc(C)c(C(OC(C)(C)C)C(=O)O)c(-c3ccc(Cl)cc3F)c2C)nc2ccccc12. The molecule has 10 heteroatoms. The topological polar surface area (TPSA) is 111 Å². The van der Waals surface area contributed by atoms with Gasteiger partial charge in [-0.2, -0.15) is 0 Å². The molecule has 1 unspecified atom stereocenters. The molecule has 2 aromatic heterocycles. The molecule has 0 radical (unpaired) electrons. The van der Waals surface area contributed by atoms with E-state index in [1.807, 2.05) is 12.1 Å². The van der Waals surface area contributed by atoms with Gasteiger partial charge in [0.05, 0.1) is 18.2 Å². The van der Waals surface area contributed by atoms with Crippen LogP contribution in [-0.4, -0.2) is 39.7 Å². The van der Waals surface area contributed by atoms with Crippen molar-refractivity contribution < 1.29 is 28.6 Å². The van der Waals surface area contributed by atoms with Crippen LogP contribution in [0, 0.1) is 19.7 Å². The number of anilines is 1. The lowest BCUT2D eigenvalue weighted by Crippen LogP contribution is -2.29. The number of carbonyl (C=O) groups excluding carboxylic acids is 1. The Morgan fingerprint density at radius 3 is 2.40 bits per heavy atom. The number of para-hydroxylation sites is 1. The number of nitrogens with one attached hydrogen (secondary N) is 1. The second-order valence-electron chi connectivity index (χ2n) is 10.2. The first-order chi connectivity index (χ1) is 18.8. The van der Waals surface area contributed by atoms with E-state index in [0.717, 1.165) is 11.5 Å². The first-order valence-corrected chi connectivity index (χ1v) is 12.8. The number of carbonyl (C=O) groups is 2. The molecule has 208 valence electrons. The van der Waals surface area contributed by atoms with E-state index < -0.39 is 29.4 Å². The highest BCUT2D eigenvalue weighted by molar-refractivity contribution is 6.30. The number of rotatable bonds is 7. The van der Waals surface area contributed by atoms with Crippen LogP contribution >= 0.6 is 11.6 Å². The summed E-state index contributed by atoms with van der Waals surface area (Å²) in [6, 6.07) is 12.9. The van der Waals surface area contributed by atoms with Crippen molar-refractivity contribution in [2.75, 3.05) is 12.4 Å². The first-order valence-electron chi connectivity index (χ1n) is 12.4. The zero-order chi connectivity index (χ0) is 29.4. The van der Waals surface area contributed by atoms with Gasteiger partial charge in [0, 0.05) is 38.9 Å². The lowest BCUT2D eigenvalue weighted by Gasteiger charge is -2.29. The van der Waals surface area contributed by atoms with Crippen LogP contribution in [-0.2, 0) is 9.53 Å². The van der Waals surface area contributed by atoms with Crippen LogP contribution < -0.4 is 10.1 Å². The highest BCUT2D eigenvalue weighted by Crippen LogP contribution is 2.41. The van der Waals surface area contributed by atoms with Gasteiger partial charge in [0.2, 0.25) is 0 Å². The number of carboxylic acid groups (broad SMARTS) is 1. The van der Waals surface area contributed by atoms with Crippen LogP contribution in [0.5, 0.6) is 5.75 Å². The number of hydrogen-bond donors (Lipinski definition) is 2. The van der Waals surface area contributed by atoms with Crippen molar-refractivity contribution in [3.8, 4) is 16.9 Å². The predicted octanol–water partition coefficient (Wildman–Crippen LogP) is 6.91. The van der Waals surface area contributed by atoms with Gasteiger partial charge in [0.15, 0.2) is 6.10 Å². The molecular weight excluding hydrogens is 537 g/mol. The molecule has 2 heterocycles. The van der Waals surface area contributed by atoms with E-state index in [0.29, 0.717) is 16.8 Å². The minimum atomic E-state index is -1.47. The Hall–Kier alpha value is -4.08. The maximum Gasteiger partial charge on any atom is 0.337 e. The highest BCUT2D eigenvalue weighted by Gasteiger charge is 2.33. The van der Waals surface area contributed by atoms with Crippen molar-refractivity contribution in [3.63, 3.8) is 0 Å². The molecule has 4 aromatic rings. The number of aromatic nitrogens is 2. The smallest absolute Gasteiger partial charge is 0.337 e. The molecular formula is C30H29ClFN3O5. The zero-order valence-corrected chi connectivity index (χ0v) is 23.7. The quantitative estimate of drug-likeness (QED) is 0.250. The van der Waals surface area contributed by atoms with Gasteiger partial charge in [-0.05, 0) is 70.5 Å². The Labute approximate surface area is 236 Å². The maximum atomic E-state index is 15.3. The van der Waals surface area contributed by atoms with Gasteiger partial charge >= 0.3 is 5.97 Å². The van der Waals surface area contributed by atoms with Gasteiger partial charge in [0.1, 0.15) is 23.1 Å². The average Bonchev–Trinajstić information content (AvgIpc) is 2.88. The number of ether oxygens (including phenoxy) is 2. The predicted molar refractivity (Wildman–Crippen MR) is 152 cm³/mol. The van der Waals surface area contributed by atoms with Gasteiger partial charge < -0.3 is 19.9 Å². The molecule has 1 amide bonds. The van der Waals surface area contributed by atoms with E-state index in [1.165, 1.54) is 25.3 Å². The normalized spacial score (nSPS) is 12.3. The van der Waals surface area contributed by atoms with E-state index in [2.05, 4.69) is 15.3 Å². The van der Waals surface area contributed by atoms with Gasteiger partial charge in [0.25, 0.3) is 5.91 Å². The molecule has 1 atom stereocenters. The van der Waals surface area contributed by atoms with E-state index >= 15 is 4.39 Å². The molecule has 0 saturated carbocycles. The molecule has 0 saturated heterocycles. The van der Waals surface area contributed by atoms with Crippen LogP contribution in [0.1, 0.15) is 54.2 Å². The fourth-order valence-corrected chi connectivity index (χ4v) is 4.64. The number of nitrogens with zero attached hydrogens (tertiary/aromatic N) is 2.